The highest BCUT2D eigenvalue weighted by Crippen LogP contribution is 2.16. The average Bonchev–Trinajstić information content (AvgIpc) is 2.82. The van der Waals surface area contributed by atoms with E-state index in [1.807, 2.05) is 14.0 Å². The van der Waals surface area contributed by atoms with Gasteiger partial charge in [0.25, 0.3) is 0 Å². The predicted molar refractivity (Wildman–Crippen MR) is 115 cm³/mol. The van der Waals surface area contributed by atoms with Gasteiger partial charge >= 0.3 is 0 Å². The predicted octanol–water partition coefficient (Wildman–Crippen LogP) is 3.10. The van der Waals surface area contributed by atoms with Crippen molar-refractivity contribution in [2.24, 2.45) is 10.9 Å². The summed E-state index contributed by atoms with van der Waals surface area (Å²) in [6.07, 6.45) is 6.46. The number of nitrogens with zero attached hydrogens (tertiary/aromatic N) is 2. The Hall–Kier alpha value is -0.0800. The van der Waals surface area contributed by atoms with E-state index in [1.54, 1.807) is 0 Å². The number of halogens is 1. The molecule has 0 amide bonds. The van der Waals surface area contributed by atoms with Gasteiger partial charge in [-0.2, -0.15) is 0 Å². The lowest BCUT2D eigenvalue weighted by molar-refractivity contribution is 0.145. The van der Waals surface area contributed by atoms with Gasteiger partial charge in [0, 0.05) is 39.4 Å². The van der Waals surface area contributed by atoms with Gasteiger partial charge in [-0.25, -0.2) is 0 Å². The first-order valence-electron chi connectivity index (χ1n) is 9.45. The maximum atomic E-state index is 5.36. The molecule has 0 saturated carbocycles. The van der Waals surface area contributed by atoms with Gasteiger partial charge in [0.1, 0.15) is 0 Å². The van der Waals surface area contributed by atoms with E-state index in [0.29, 0.717) is 12.0 Å². The Kier molecular flexibility index (Phi) is 15.1. The van der Waals surface area contributed by atoms with E-state index in [2.05, 4.69) is 34.4 Å². The first-order chi connectivity index (χ1) is 11.2. The summed E-state index contributed by atoms with van der Waals surface area (Å²) in [7, 11) is 1.84. The van der Waals surface area contributed by atoms with E-state index in [0.717, 1.165) is 38.7 Å². The van der Waals surface area contributed by atoms with Gasteiger partial charge in [-0.15, -0.1) is 24.0 Å². The standard InChI is InChI=1S/C18H38N4O.HI/c1-5-23-14-10-11-20-18(19-4)21-15-17(16(2)3)22-12-8-6-7-9-13-22;/h16-17H,5-15H2,1-4H3,(H2,19,20,21);1H. The minimum absolute atomic E-state index is 0. The zero-order chi connectivity index (χ0) is 16.9. The second-order valence-corrected chi connectivity index (χ2v) is 6.69. The zero-order valence-electron chi connectivity index (χ0n) is 16.1. The fourth-order valence-electron chi connectivity index (χ4n) is 3.16. The molecule has 1 fully saturated rings. The van der Waals surface area contributed by atoms with Gasteiger partial charge in [-0.1, -0.05) is 26.7 Å². The van der Waals surface area contributed by atoms with Crippen molar-refractivity contribution in [3.05, 3.63) is 0 Å². The first-order valence-corrected chi connectivity index (χ1v) is 9.45. The van der Waals surface area contributed by atoms with Gasteiger partial charge < -0.3 is 15.4 Å². The minimum atomic E-state index is 0. The van der Waals surface area contributed by atoms with Crippen LogP contribution in [0.15, 0.2) is 4.99 Å². The molecule has 1 aliphatic rings. The molecule has 0 aromatic heterocycles. The number of likely N-dealkylation sites (tertiary alicyclic amines) is 1. The van der Waals surface area contributed by atoms with E-state index in [-0.39, 0.29) is 24.0 Å². The lowest BCUT2D eigenvalue weighted by atomic mass is 10.0. The van der Waals surface area contributed by atoms with Crippen LogP contribution < -0.4 is 10.6 Å². The third-order valence-electron chi connectivity index (χ3n) is 4.54. The molecule has 0 aromatic carbocycles. The third kappa shape index (κ3) is 10.0. The molecule has 1 atom stereocenters. The Morgan fingerprint density at radius 3 is 2.33 bits per heavy atom. The SMILES string of the molecule is CCOCCCNC(=NC)NCC(C(C)C)N1CCCCCC1.I. The molecule has 6 heteroatoms. The molecule has 1 rings (SSSR count). The van der Waals surface area contributed by atoms with Gasteiger partial charge in [-0.05, 0) is 45.2 Å². The summed E-state index contributed by atoms with van der Waals surface area (Å²) < 4.78 is 5.36. The fourth-order valence-corrected chi connectivity index (χ4v) is 3.16. The van der Waals surface area contributed by atoms with Gasteiger partial charge in [-0.3, -0.25) is 9.89 Å². The summed E-state index contributed by atoms with van der Waals surface area (Å²) >= 11 is 0. The normalized spacial score (nSPS) is 18.0. The molecule has 0 spiro atoms. The number of hydrogen-bond donors (Lipinski definition) is 2. The van der Waals surface area contributed by atoms with Gasteiger partial charge in [0.15, 0.2) is 5.96 Å². The average molecular weight is 454 g/mol. The van der Waals surface area contributed by atoms with Crippen LogP contribution in [0.5, 0.6) is 0 Å². The Bertz CT molecular complexity index is 318. The highest BCUT2D eigenvalue weighted by Gasteiger charge is 2.22. The Balaban J connectivity index is 0.00000529. The number of rotatable bonds is 9. The Morgan fingerprint density at radius 1 is 1.12 bits per heavy atom. The molecule has 1 unspecified atom stereocenters. The topological polar surface area (TPSA) is 48.9 Å². The minimum Gasteiger partial charge on any atom is -0.382 e. The van der Waals surface area contributed by atoms with Crippen LogP contribution in [0.25, 0.3) is 0 Å². The second kappa shape index (κ2) is 15.2. The van der Waals surface area contributed by atoms with Crippen LogP contribution in [0.4, 0.5) is 0 Å². The summed E-state index contributed by atoms with van der Waals surface area (Å²) in [5, 5.41) is 6.89. The van der Waals surface area contributed by atoms with Crippen LogP contribution in [-0.4, -0.2) is 63.3 Å². The molecule has 24 heavy (non-hydrogen) atoms. The van der Waals surface area contributed by atoms with E-state index in [9.17, 15) is 0 Å². The number of guanidine groups is 1. The lowest BCUT2D eigenvalue weighted by Crippen LogP contribution is -2.49. The van der Waals surface area contributed by atoms with Gasteiger partial charge in [0.2, 0.25) is 0 Å². The third-order valence-corrected chi connectivity index (χ3v) is 4.54. The van der Waals surface area contributed by atoms with E-state index in [4.69, 9.17) is 4.74 Å². The molecule has 1 heterocycles. The zero-order valence-corrected chi connectivity index (χ0v) is 18.5. The summed E-state index contributed by atoms with van der Waals surface area (Å²) in [5.41, 5.74) is 0. The number of aliphatic imine (C=N–C) groups is 1. The van der Waals surface area contributed by atoms with Crippen molar-refractivity contribution in [1.29, 1.82) is 0 Å². The summed E-state index contributed by atoms with van der Waals surface area (Å²) in [6.45, 7) is 12.6. The summed E-state index contributed by atoms with van der Waals surface area (Å²) in [5.74, 6) is 1.55. The quantitative estimate of drug-likeness (QED) is 0.243. The van der Waals surface area contributed by atoms with Crippen LogP contribution in [0.2, 0.25) is 0 Å². The Labute approximate surface area is 166 Å². The van der Waals surface area contributed by atoms with E-state index in [1.165, 1.54) is 38.8 Å². The van der Waals surface area contributed by atoms with Crippen LogP contribution in [0.1, 0.15) is 52.9 Å². The number of hydrogen-bond acceptors (Lipinski definition) is 3. The molecule has 0 aliphatic carbocycles. The maximum absolute atomic E-state index is 5.36. The van der Waals surface area contributed by atoms with Crippen LogP contribution in [0.3, 0.4) is 0 Å². The molecule has 0 bridgehead atoms. The molecule has 1 aliphatic heterocycles. The highest BCUT2D eigenvalue weighted by atomic mass is 127. The van der Waals surface area contributed by atoms with Crippen molar-refractivity contribution in [1.82, 2.24) is 15.5 Å². The molecule has 0 radical (unpaired) electrons. The molecule has 1 saturated heterocycles. The molecular weight excluding hydrogens is 415 g/mol. The summed E-state index contributed by atoms with van der Waals surface area (Å²) in [4.78, 5) is 7.01. The van der Waals surface area contributed by atoms with E-state index < -0.39 is 0 Å². The van der Waals surface area contributed by atoms with Crippen LogP contribution >= 0.6 is 24.0 Å². The van der Waals surface area contributed by atoms with Crippen LogP contribution in [-0.2, 0) is 4.74 Å². The smallest absolute Gasteiger partial charge is 0.191 e. The lowest BCUT2D eigenvalue weighted by Gasteiger charge is -2.34. The molecule has 5 nitrogen and oxygen atoms in total. The van der Waals surface area contributed by atoms with Crippen molar-refractivity contribution in [2.45, 2.75) is 58.9 Å². The number of nitrogens with one attached hydrogen (secondary N) is 2. The number of ether oxygens (including phenoxy) is 1. The highest BCUT2D eigenvalue weighted by molar-refractivity contribution is 14.0. The van der Waals surface area contributed by atoms with Crippen molar-refractivity contribution < 1.29 is 4.74 Å². The summed E-state index contributed by atoms with van der Waals surface area (Å²) in [6, 6.07) is 0.579. The van der Waals surface area contributed by atoms with Crippen molar-refractivity contribution >= 4 is 29.9 Å². The van der Waals surface area contributed by atoms with Crippen molar-refractivity contribution in [3.63, 3.8) is 0 Å². The molecular formula is C18H39IN4O. The van der Waals surface area contributed by atoms with Crippen LogP contribution in [0, 0.1) is 5.92 Å². The Morgan fingerprint density at radius 2 is 1.79 bits per heavy atom. The second-order valence-electron chi connectivity index (χ2n) is 6.69. The molecule has 0 aromatic rings. The monoisotopic (exact) mass is 454 g/mol. The van der Waals surface area contributed by atoms with E-state index >= 15 is 0 Å². The first kappa shape index (κ1) is 23.9. The maximum Gasteiger partial charge on any atom is 0.191 e. The fraction of sp³-hybridized carbons (Fsp3) is 0.944. The van der Waals surface area contributed by atoms with Gasteiger partial charge in [0.05, 0.1) is 0 Å². The largest absolute Gasteiger partial charge is 0.382 e. The molecule has 144 valence electrons. The molecule has 2 N–H and O–H groups in total. The van der Waals surface area contributed by atoms with Crippen molar-refractivity contribution in [2.75, 3.05) is 46.4 Å². The van der Waals surface area contributed by atoms with Crippen molar-refractivity contribution in [3.8, 4) is 0 Å².